The Labute approximate surface area is 119 Å². The van der Waals surface area contributed by atoms with Crippen molar-refractivity contribution >= 4 is 22.5 Å². The molecule has 2 aromatic rings. The number of thioether (sulfide) groups is 1. The molecule has 2 aromatic carbocycles. The lowest BCUT2D eigenvalue weighted by molar-refractivity contribution is 0.519. The molecule has 3 rings (SSSR count). The molecular formula is C17H21NS. The maximum absolute atomic E-state index is 3.63. The van der Waals surface area contributed by atoms with E-state index in [1.54, 1.807) is 0 Å². The molecule has 0 heterocycles. The molecule has 1 N–H and O–H groups in total. The largest absolute Gasteiger partial charge is 0.313 e. The minimum atomic E-state index is 0.696. The zero-order valence-electron chi connectivity index (χ0n) is 11.4. The number of hydrogen-bond acceptors (Lipinski definition) is 2. The lowest BCUT2D eigenvalue weighted by Gasteiger charge is -2.16. The smallest absolute Gasteiger partial charge is 0.0189 e. The van der Waals surface area contributed by atoms with Crippen LogP contribution in [0.3, 0.4) is 0 Å². The molecule has 1 aliphatic carbocycles. The van der Waals surface area contributed by atoms with E-state index in [-0.39, 0.29) is 0 Å². The fourth-order valence-electron chi connectivity index (χ4n) is 2.57. The van der Waals surface area contributed by atoms with E-state index in [1.807, 2.05) is 11.8 Å². The zero-order chi connectivity index (χ0) is 13.1. The normalized spacial score (nSPS) is 16.7. The minimum Gasteiger partial charge on any atom is -0.313 e. The zero-order valence-corrected chi connectivity index (χ0v) is 12.2. The first-order chi connectivity index (χ1) is 9.36. The van der Waals surface area contributed by atoms with Gasteiger partial charge in [0, 0.05) is 16.7 Å². The van der Waals surface area contributed by atoms with Crippen LogP contribution < -0.4 is 5.32 Å². The van der Waals surface area contributed by atoms with Gasteiger partial charge in [-0.15, -0.1) is 11.8 Å². The summed E-state index contributed by atoms with van der Waals surface area (Å²) in [6.07, 6.45) is 2.83. The van der Waals surface area contributed by atoms with Crippen molar-refractivity contribution in [1.82, 2.24) is 5.32 Å². The van der Waals surface area contributed by atoms with E-state index in [1.165, 1.54) is 34.3 Å². The van der Waals surface area contributed by atoms with Crippen LogP contribution in [0, 0.1) is 5.92 Å². The Morgan fingerprint density at radius 2 is 1.95 bits per heavy atom. The van der Waals surface area contributed by atoms with Crippen LogP contribution in [0.5, 0.6) is 0 Å². The van der Waals surface area contributed by atoms with Crippen LogP contribution in [-0.2, 0) is 0 Å². The molecular weight excluding hydrogens is 250 g/mol. The maximum atomic E-state index is 3.63. The molecule has 0 aromatic heterocycles. The van der Waals surface area contributed by atoms with E-state index in [0.29, 0.717) is 6.04 Å². The first kappa shape index (κ1) is 13.0. The van der Waals surface area contributed by atoms with Gasteiger partial charge in [-0.1, -0.05) is 37.3 Å². The second-order valence-corrected chi connectivity index (χ2v) is 6.41. The number of benzene rings is 2. The quantitative estimate of drug-likeness (QED) is 0.785. The Bertz CT molecular complexity index is 548. The summed E-state index contributed by atoms with van der Waals surface area (Å²) < 4.78 is 0. The highest BCUT2D eigenvalue weighted by Gasteiger charge is 2.30. The van der Waals surface area contributed by atoms with Crippen LogP contribution in [0.15, 0.2) is 47.4 Å². The Hall–Kier alpha value is -0.990. The summed E-state index contributed by atoms with van der Waals surface area (Å²) in [5.74, 6) is 2.12. The van der Waals surface area contributed by atoms with Gasteiger partial charge in [-0.2, -0.15) is 0 Å². The molecule has 0 radical (unpaired) electrons. The van der Waals surface area contributed by atoms with Gasteiger partial charge in [0.05, 0.1) is 0 Å². The predicted octanol–water partition coefficient (Wildman–Crippen LogP) is 4.32. The van der Waals surface area contributed by atoms with Crippen LogP contribution in [-0.4, -0.2) is 18.3 Å². The molecule has 2 heteroatoms. The first-order valence-electron chi connectivity index (χ1n) is 7.22. The molecule has 0 saturated heterocycles. The van der Waals surface area contributed by atoms with Gasteiger partial charge in [-0.3, -0.25) is 0 Å². The van der Waals surface area contributed by atoms with E-state index in [9.17, 15) is 0 Å². The Morgan fingerprint density at radius 1 is 1.16 bits per heavy atom. The molecule has 0 bridgehead atoms. The average molecular weight is 271 g/mol. The van der Waals surface area contributed by atoms with Crippen molar-refractivity contribution in [3.63, 3.8) is 0 Å². The Balaban J connectivity index is 1.67. The highest BCUT2D eigenvalue weighted by atomic mass is 32.2. The van der Waals surface area contributed by atoms with Crippen molar-refractivity contribution in [1.29, 1.82) is 0 Å². The second kappa shape index (κ2) is 5.98. The molecule has 1 saturated carbocycles. The lowest BCUT2D eigenvalue weighted by Crippen LogP contribution is -2.33. The van der Waals surface area contributed by atoms with Gasteiger partial charge < -0.3 is 5.32 Å². The SMILES string of the molecule is CCNC(CSc1ccc2ccccc2c1)C1CC1. The predicted molar refractivity (Wildman–Crippen MR) is 84.9 cm³/mol. The van der Waals surface area contributed by atoms with Crippen LogP contribution in [0.1, 0.15) is 19.8 Å². The standard InChI is InChI=1S/C17H21NS/c1-2-18-17(14-7-8-14)12-19-16-10-9-13-5-3-4-6-15(13)11-16/h3-6,9-11,14,17-18H,2,7-8,12H2,1H3. The molecule has 100 valence electrons. The summed E-state index contributed by atoms with van der Waals surface area (Å²) in [5, 5.41) is 6.31. The first-order valence-corrected chi connectivity index (χ1v) is 8.20. The van der Waals surface area contributed by atoms with E-state index in [2.05, 4.69) is 54.7 Å². The fourth-order valence-corrected chi connectivity index (χ4v) is 3.70. The topological polar surface area (TPSA) is 12.0 Å². The molecule has 1 atom stereocenters. The molecule has 19 heavy (non-hydrogen) atoms. The van der Waals surface area contributed by atoms with E-state index >= 15 is 0 Å². The van der Waals surface area contributed by atoms with Gasteiger partial charge in [-0.05, 0) is 48.2 Å². The summed E-state index contributed by atoms with van der Waals surface area (Å²) in [7, 11) is 0. The van der Waals surface area contributed by atoms with Gasteiger partial charge in [-0.25, -0.2) is 0 Å². The van der Waals surface area contributed by atoms with Crippen molar-refractivity contribution < 1.29 is 0 Å². The molecule has 0 aliphatic heterocycles. The molecule has 1 aliphatic rings. The third kappa shape index (κ3) is 3.31. The van der Waals surface area contributed by atoms with Crippen molar-refractivity contribution in [3.8, 4) is 0 Å². The van der Waals surface area contributed by atoms with E-state index < -0.39 is 0 Å². The van der Waals surface area contributed by atoms with Gasteiger partial charge in [0.25, 0.3) is 0 Å². The number of hydrogen-bond donors (Lipinski definition) is 1. The van der Waals surface area contributed by atoms with Gasteiger partial charge >= 0.3 is 0 Å². The van der Waals surface area contributed by atoms with E-state index in [0.717, 1.165) is 12.5 Å². The third-order valence-corrected chi connectivity index (χ3v) is 4.92. The third-order valence-electron chi connectivity index (χ3n) is 3.81. The molecule has 0 spiro atoms. The monoisotopic (exact) mass is 271 g/mol. The number of rotatable bonds is 6. The van der Waals surface area contributed by atoms with Gasteiger partial charge in [0.15, 0.2) is 0 Å². The summed E-state index contributed by atoms with van der Waals surface area (Å²) in [6.45, 7) is 3.29. The lowest BCUT2D eigenvalue weighted by atomic mass is 10.1. The van der Waals surface area contributed by atoms with Crippen LogP contribution in [0.2, 0.25) is 0 Å². The molecule has 1 fully saturated rings. The highest BCUT2D eigenvalue weighted by Crippen LogP contribution is 2.35. The van der Waals surface area contributed by atoms with Crippen molar-refractivity contribution in [2.75, 3.05) is 12.3 Å². The van der Waals surface area contributed by atoms with Crippen LogP contribution in [0.25, 0.3) is 10.8 Å². The number of fused-ring (bicyclic) bond motifs is 1. The fraction of sp³-hybridized carbons (Fsp3) is 0.412. The molecule has 1 nitrogen and oxygen atoms in total. The molecule has 1 unspecified atom stereocenters. The van der Waals surface area contributed by atoms with Crippen molar-refractivity contribution in [2.24, 2.45) is 5.92 Å². The van der Waals surface area contributed by atoms with Crippen molar-refractivity contribution in [3.05, 3.63) is 42.5 Å². The van der Waals surface area contributed by atoms with Crippen LogP contribution in [0.4, 0.5) is 0 Å². The van der Waals surface area contributed by atoms with Crippen molar-refractivity contribution in [2.45, 2.75) is 30.7 Å². The summed E-state index contributed by atoms with van der Waals surface area (Å²) >= 11 is 1.99. The summed E-state index contributed by atoms with van der Waals surface area (Å²) in [5.41, 5.74) is 0. The summed E-state index contributed by atoms with van der Waals surface area (Å²) in [4.78, 5) is 1.39. The second-order valence-electron chi connectivity index (χ2n) is 5.32. The Morgan fingerprint density at radius 3 is 2.68 bits per heavy atom. The van der Waals surface area contributed by atoms with Crippen LogP contribution >= 0.6 is 11.8 Å². The summed E-state index contributed by atoms with van der Waals surface area (Å²) in [6, 6.07) is 16.1. The minimum absolute atomic E-state index is 0.696. The molecule has 0 amide bonds. The maximum Gasteiger partial charge on any atom is 0.0189 e. The average Bonchev–Trinajstić information content (AvgIpc) is 3.28. The highest BCUT2D eigenvalue weighted by molar-refractivity contribution is 7.99. The van der Waals surface area contributed by atoms with Gasteiger partial charge in [0.2, 0.25) is 0 Å². The van der Waals surface area contributed by atoms with E-state index in [4.69, 9.17) is 0 Å². The Kier molecular flexibility index (Phi) is 4.09. The van der Waals surface area contributed by atoms with Gasteiger partial charge in [0.1, 0.15) is 0 Å². The number of nitrogens with one attached hydrogen (secondary N) is 1.